The van der Waals surface area contributed by atoms with Crippen LogP contribution in [0, 0.1) is 0 Å². The Morgan fingerprint density at radius 1 is 1.19 bits per heavy atom. The third-order valence-corrected chi connectivity index (χ3v) is 4.73. The Morgan fingerprint density at radius 2 is 1.89 bits per heavy atom. The van der Waals surface area contributed by atoms with Crippen LogP contribution in [0.25, 0.3) is 11.3 Å². The Balaban J connectivity index is 1.49. The monoisotopic (exact) mass is 391 g/mol. The Labute approximate surface area is 162 Å². The van der Waals surface area contributed by atoms with Gasteiger partial charge in [0.1, 0.15) is 0 Å². The Bertz CT molecular complexity index is 800. The summed E-state index contributed by atoms with van der Waals surface area (Å²) in [5.41, 5.74) is 0.777. The summed E-state index contributed by atoms with van der Waals surface area (Å²) in [7, 11) is 0. The van der Waals surface area contributed by atoms with Crippen molar-refractivity contribution in [2.45, 2.75) is 19.8 Å². The molecule has 0 N–H and O–H groups in total. The Hall–Kier alpha value is -2.54. The molecule has 2 amide bonds. The van der Waals surface area contributed by atoms with Crippen LogP contribution in [0.3, 0.4) is 0 Å². The molecule has 0 radical (unpaired) electrons. The molecule has 1 aromatic heterocycles. The van der Waals surface area contributed by atoms with E-state index in [1.165, 1.54) is 0 Å². The second-order valence-corrected chi connectivity index (χ2v) is 6.57. The molecule has 0 unspecified atom stereocenters. The van der Waals surface area contributed by atoms with E-state index >= 15 is 0 Å². The van der Waals surface area contributed by atoms with E-state index in [0.29, 0.717) is 62.3 Å². The first kappa shape index (κ1) is 19.2. The van der Waals surface area contributed by atoms with Crippen molar-refractivity contribution < 1.29 is 18.7 Å². The molecule has 0 spiro atoms. The van der Waals surface area contributed by atoms with Crippen LogP contribution in [0.4, 0.5) is 4.79 Å². The summed E-state index contributed by atoms with van der Waals surface area (Å²) in [5, 5.41) is 0.593. The zero-order valence-corrected chi connectivity index (χ0v) is 15.9. The highest BCUT2D eigenvalue weighted by atomic mass is 35.5. The second kappa shape index (κ2) is 8.90. The van der Waals surface area contributed by atoms with Crippen molar-refractivity contribution in [2.24, 2.45) is 0 Å². The quantitative estimate of drug-likeness (QED) is 0.782. The molecule has 0 aliphatic carbocycles. The molecule has 1 aliphatic rings. The lowest BCUT2D eigenvalue weighted by molar-refractivity contribution is -0.132. The summed E-state index contributed by atoms with van der Waals surface area (Å²) in [6.45, 7) is 4.12. The molecule has 7 nitrogen and oxygen atoms in total. The number of hydrogen-bond donors (Lipinski definition) is 0. The summed E-state index contributed by atoms with van der Waals surface area (Å²) < 4.78 is 10.7. The van der Waals surface area contributed by atoms with Crippen molar-refractivity contribution in [3.63, 3.8) is 0 Å². The molecule has 144 valence electrons. The lowest BCUT2D eigenvalue weighted by Crippen LogP contribution is -2.50. The van der Waals surface area contributed by atoms with Crippen LogP contribution >= 0.6 is 11.6 Å². The minimum Gasteiger partial charge on any atom is -0.450 e. The van der Waals surface area contributed by atoms with Crippen molar-refractivity contribution in [3.05, 3.63) is 41.4 Å². The van der Waals surface area contributed by atoms with E-state index in [0.717, 1.165) is 5.56 Å². The zero-order chi connectivity index (χ0) is 19.2. The molecular formula is C19H22ClN3O4. The number of nitrogens with zero attached hydrogens (tertiary/aromatic N) is 3. The molecule has 1 aliphatic heterocycles. The molecule has 2 heterocycles. The van der Waals surface area contributed by atoms with Crippen molar-refractivity contribution in [1.29, 1.82) is 0 Å². The van der Waals surface area contributed by atoms with Gasteiger partial charge in [-0.05, 0) is 19.1 Å². The van der Waals surface area contributed by atoms with Crippen LogP contribution in [-0.4, -0.2) is 59.6 Å². The molecule has 0 bridgehead atoms. The van der Waals surface area contributed by atoms with Gasteiger partial charge in [-0.15, -0.1) is 0 Å². The van der Waals surface area contributed by atoms with E-state index in [1.54, 1.807) is 29.0 Å². The van der Waals surface area contributed by atoms with Crippen LogP contribution < -0.4 is 0 Å². The normalized spacial score (nSPS) is 14.3. The summed E-state index contributed by atoms with van der Waals surface area (Å²) in [6, 6.07) is 7.38. The van der Waals surface area contributed by atoms with Crippen LogP contribution in [0.15, 0.2) is 34.9 Å². The van der Waals surface area contributed by atoms with Crippen molar-refractivity contribution in [3.8, 4) is 11.3 Å². The standard InChI is InChI=1S/C19H22ClN3O4/c1-2-26-19(25)23-11-9-22(10-12-23)18(24)8-7-17-21-13-16(27-17)14-5-3-4-6-15(14)20/h3-6,13H,2,7-12H2,1H3. The molecule has 2 aromatic rings. The highest BCUT2D eigenvalue weighted by molar-refractivity contribution is 6.33. The fourth-order valence-electron chi connectivity index (χ4n) is 2.94. The lowest BCUT2D eigenvalue weighted by atomic mass is 10.2. The molecule has 27 heavy (non-hydrogen) atoms. The van der Waals surface area contributed by atoms with E-state index in [-0.39, 0.29) is 12.0 Å². The van der Waals surface area contributed by atoms with Crippen LogP contribution in [0.2, 0.25) is 5.02 Å². The largest absolute Gasteiger partial charge is 0.450 e. The van der Waals surface area contributed by atoms with Crippen molar-refractivity contribution in [1.82, 2.24) is 14.8 Å². The van der Waals surface area contributed by atoms with Gasteiger partial charge in [-0.1, -0.05) is 23.7 Å². The summed E-state index contributed by atoms with van der Waals surface area (Å²) in [4.78, 5) is 31.7. The zero-order valence-electron chi connectivity index (χ0n) is 15.2. The molecule has 0 saturated carbocycles. The van der Waals surface area contributed by atoms with E-state index in [4.69, 9.17) is 20.8 Å². The van der Waals surface area contributed by atoms with E-state index < -0.39 is 0 Å². The van der Waals surface area contributed by atoms with Gasteiger partial charge in [-0.25, -0.2) is 9.78 Å². The Morgan fingerprint density at radius 3 is 2.59 bits per heavy atom. The fraction of sp³-hybridized carbons (Fsp3) is 0.421. The number of aromatic nitrogens is 1. The average Bonchev–Trinajstić information content (AvgIpc) is 3.15. The van der Waals surface area contributed by atoms with Gasteiger partial charge in [0.15, 0.2) is 11.7 Å². The molecule has 1 saturated heterocycles. The maximum absolute atomic E-state index is 12.4. The smallest absolute Gasteiger partial charge is 0.409 e. The van der Waals surface area contributed by atoms with E-state index in [2.05, 4.69) is 4.98 Å². The third kappa shape index (κ3) is 4.80. The summed E-state index contributed by atoms with van der Waals surface area (Å²) in [5.74, 6) is 1.12. The van der Waals surface area contributed by atoms with Crippen molar-refractivity contribution >= 4 is 23.6 Å². The topological polar surface area (TPSA) is 75.9 Å². The van der Waals surface area contributed by atoms with E-state index in [9.17, 15) is 9.59 Å². The minimum atomic E-state index is -0.323. The molecule has 1 aromatic carbocycles. The van der Waals surface area contributed by atoms with Gasteiger partial charge < -0.3 is 19.0 Å². The lowest BCUT2D eigenvalue weighted by Gasteiger charge is -2.34. The number of piperazine rings is 1. The first-order chi connectivity index (χ1) is 13.1. The number of rotatable bonds is 5. The molecule has 8 heteroatoms. The van der Waals surface area contributed by atoms with Gasteiger partial charge in [0, 0.05) is 44.6 Å². The third-order valence-electron chi connectivity index (χ3n) is 4.40. The first-order valence-corrected chi connectivity index (χ1v) is 9.35. The fourth-order valence-corrected chi connectivity index (χ4v) is 3.17. The van der Waals surface area contributed by atoms with Gasteiger partial charge in [-0.3, -0.25) is 4.79 Å². The average molecular weight is 392 g/mol. The number of carbonyl (C=O) groups is 2. The van der Waals surface area contributed by atoms with Crippen molar-refractivity contribution in [2.75, 3.05) is 32.8 Å². The maximum atomic E-state index is 12.4. The summed E-state index contributed by atoms with van der Waals surface area (Å²) in [6.07, 6.45) is 2.03. The number of aryl methyl sites for hydroxylation is 1. The predicted octanol–water partition coefficient (Wildman–Crippen LogP) is 3.23. The number of benzene rings is 1. The number of ether oxygens (including phenoxy) is 1. The predicted molar refractivity (Wildman–Crippen MR) is 100 cm³/mol. The van der Waals surface area contributed by atoms with Crippen LogP contribution in [-0.2, 0) is 16.0 Å². The molecular weight excluding hydrogens is 370 g/mol. The second-order valence-electron chi connectivity index (χ2n) is 6.16. The van der Waals surface area contributed by atoms with Gasteiger partial charge in [0.25, 0.3) is 0 Å². The highest BCUT2D eigenvalue weighted by Crippen LogP contribution is 2.28. The SMILES string of the molecule is CCOC(=O)N1CCN(C(=O)CCc2ncc(-c3ccccc3Cl)o2)CC1. The van der Waals surface area contributed by atoms with Gasteiger partial charge in [0.05, 0.1) is 17.8 Å². The van der Waals surface area contributed by atoms with Gasteiger partial charge >= 0.3 is 6.09 Å². The molecule has 3 rings (SSSR count). The summed E-state index contributed by atoms with van der Waals surface area (Å²) >= 11 is 6.17. The number of hydrogen-bond acceptors (Lipinski definition) is 5. The molecule has 1 fully saturated rings. The Kier molecular flexibility index (Phi) is 6.34. The maximum Gasteiger partial charge on any atom is 0.409 e. The van der Waals surface area contributed by atoms with Gasteiger partial charge in [0.2, 0.25) is 5.91 Å². The van der Waals surface area contributed by atoms with Crippen LogP contribution in [0.1, 0.15) is 19.2 Å². The highest BCUT2D eigenvalue weighted by Gasteiger charge is 2.24. The molecule has 0 atom stereocenters. The number of amides is 2. The number of oxazole rings is 1. The van der Waals surface area contributed by atoms with Gasteiger partial charge in [-0.2, -0.15) is 0 Å². The van der Waals surface area contributed by atoms with Crippen LogP contribution in [0.5, 0.6) is 0 Å². The number of halogens is 1. The first-order valence-electron chi connectivity index (χ1n) is 8.97. The number of carbonyl (C=O) groups excluding carboxylic acids is 2. The van der Waals surface area contributed by atoms with E-state index in [1.807, 2.05) is 18.2 Å². The minimum absolute atomic E-state index is 0.0241.